The standard InChI is InChI=1S/C21H20N2O4/c24-21(22-17-7-6-14-3-1-2-4-16(14)17)20-11-15(23-27-20)9-13-5-8-18-19(10-13)26-12-25-18/h1-5,8,10,17,20H,6-7,9,11-12H2,(H,22,24)/t17-,20+/m1/s1. The predicted molar refractivity (Wildman–Crippen MR) is 98.8 cm³/mol. The molecule has 6 nitrogen and oxygen atoms in total. The first-order chi connectivity index (χ1) is 13.3. The van der Waals surface area contributed by atoms with Gasteiger partial charge < -0.3 is 19.6 Å². The fourth-order valence-corrected chi connectivity index (χ4v) is 3.93. The highest BCUT2D eigenvalue weighted by Gasteiger charge is 2.32. The molecule has 2 heterocycles. The second-order valence-electron chi connectivity index (χ2n) is 7.12. The van der Waals surface area contributed by atoms with E-state index >= 15 is 0 Å². The minimum absolute atomic E-state index is 0.0650. The number of nitrogens with zero attached hydrogens (tertiary/aromatic N) is 1. The van der Waals surface area contributed by atoms with E-state index < -0.39 is 6.10 Å². The summed E-state index contributed by atoms with van der Waals surface area (Å²) in [5.41, 5.74) is 4.45. The molecular weight excluding hydrogens is 344 g/mol. The molecule has 2 atom stereocenters. The number of fused-ring (bicyclic) bond motifs is 2. The summed E-state index contributed by atoms with van der Waals surface area (Å²) >= 11 is 0. The van der Waals surface area contributed by atoms with Crippen LogP contribution in [0.25, 0.3) is 0 Å². The van der Waals surface area contributed by atoms with Gasteiger partial charge in [-0.2, -0.15) is 0 Å². The molecule has 1 aliphatic carbocycles. The maximum atomic E-state index is 12.6. The summed E-state index contributed by atoms with van der Waals surface area (Å²) in [4.78, 5) is 18.0. The lowest BCUT2D eigenvalue weighted by Gasteiger charge is -2.16. The summed E-state index contributed by atoms with van der Waals surface area (Å²) in [7, 11) is 0. The Morgan fingerprint density at radius 1 is 1.15 bits per heavy atom. The predicted octanol–water partition coefficient (Wildman–Crippen LogP) is 2.91. The van der Waals surface area contributed by atoms with E-state index in [1.54, 1.807) is 0 Å². The van der Waals surface area contributed by atoms with Gasteiger partial charge in [-0.1, -0.05) is 35.5 Å². The molecule has 2 aromatic carbocycles. The molecule has 0 aromatic heterocycles. The molecule has 6 heteroatoms. The molecule has 138 valence electrons. The Morgan fingerprint density at radius 3 is 3.00 bits per heavy atom. The van der Waals surface area contributed by atoms with Crippen molar-refractivity contribution < 1.29 is 19.1 Å². The summed E-state index contributed by atoms with van der Waals surface area (Å²) in [6.07, 6.45) is 2.52. The number of ether oxygens (including phenoxy) is 2. The number of aryl methyl sites for hydroxylation is 1. The summed E-state index contributed by atoms with van der Waals surface area (Å²) in [5, 5.41) is 7.25. The van der Waals surface area contributed by atoms with Crippen LogP contribution in [0.15, 0.2) is 47.6 Å². The highest BCUT2D eigenvalue weighted by atomic mass is 16.7. The van der Waals surface area contributed by atoms with E-state index in [1.807, 2.05) is 30.3 Å². The van der Waals surface area contributed by atoms with Gasteiger partial charge in [-0.05, 0) is 41.7 Å². The minimum Gasteiger partial charge on any atom is -0.454 e. The lowest BCUT2D eigenvalue weighted by Crippen LogP contribution is -2.36. The summed E-state index contributed by atoms with van der Waals surface area (Å²) in [6.45, 7) is 0.259. The summed E-state index contributed by atoms with van der Waals surface area (Å²) < 4.78 is 10.7. The Kier molecular flexibility index (Phi) is 3.96. The monoisotopic (exact) mass is 364 g/mol. The number of oxime groups is 1. The molecular formula is C21H20N2O4. The number of nitrogens with one attached hydrogen (secondary N) is 1. The van der Waals surface area contributed by atoms with Crippen molar-refractivity contribution in [1.29, 1.82) is 0 Å². The van der Waals surface area contributed by atoms with Crippen LogP contribution in [-0.2, 0) is 22.5 Å². The second kappa shape index (κ2) is 6.61. The molecule has 0 saturated carbocycles. The van der Waals surface area contributed by atoms with Crippen LogP contribution >= 0.6 is 0 Å². The van der Waals surface area contributed by atoms with Crippen molar-refractivity contribution in [3.05, 3.63) is 59.2 Å². The third kappa shape index (κ3) is 3.12. The van der Waals surface area contributed by atoms with Crippen molar-refractivity contribution in [2.24, 2.45) is 5.16 Å². The van der Waals surface area contributed by atoms with Crippen molar-refractivity contribution in [3.63, 3.8) is 0 Å². The van der Waals surface area contributed by atoms with Gasteiger partial charge in [0, 0.05) is 12.8 Å². The fourth-order valence-electron chi connectivity index (χ4n) is 3.93. The molecule has 2 aromatic rings. The average Bonchev–Trinajstić information content (AvgIpc) is 3.41. The second-order valence-corrected chi connectivity index (χ2v) is 7.12. The van der Waals surface area contributed by atoms with Crippen molar-refractivity contribution in [3.8, 4) is 11.5 Å². The Bertz CT molecular complexity index is 924. The lowest BCUT2D eigenvalue weighted by atomic mass is 10.0. The van der Waals surface area contributed by atoms with Crippen LogP contribution in [0.2, 0.25) is 0 Å². The van der Waals surface area contributed by atoms with E-state index in [1.165, 1.54) is 11.1 Å². The molecule has 0 spiro atoms. The normalized spacial score (nSPS) is 22.1. The van der Waals surface area contributed by atoms with Crippen LogP contribution in [0, 0.1) is 0 Å². The number of hydrogen-bond acceptors (Lipinski definition) is 5. The summed E-state index contributed by atoms with van der Waals surface area (Å²) in [6, 6.07) is 14.2. The number of hydrogen-bond donors (Lipinski definition) is 1. The molecule has 1 amide bonds. The van der Waals surface area contributed by atoms with Gasteiger partial charge in [-0.3, -0.25) is 4.79 Å². The highest BCUT2D eigenvalue weighted by Crippen LogP contribution is 2.33. The van der Waals surface area contributed by atoms with E-state index in [4.69, 9.17) is 14.3 Å². The Balaban J connectivity index is 1.19. The van der Waals surface area contributed by atoms with E-state index in [2.05, 4.69) is 22.6 Å². The highest BCUT2D eigenvalue weighted by molar-refractivity contribution is 5.94. The summed E-state index contributed by atoms with van der Waals surface area (Å²) in [5.74, 6) is 1.42. The van der Waals surface area contributed by atoms with Crippen LogP contribution < -0.4 is 14.8 Å². The van der Waals surface area contributed by atoms with Crippen LogP contribution in [0.4, 0.5) is 0 Å². The van der Waals surface area contributed by atoms with Crippen LogP contribution in [0.3, 0.4) is 0 Å². The van der Waals surface area contributed by atoms with Crippen LogP contribution in [-0.4, -0.2) is 24.5 Å². The smallest absolute Gasteiger partial charge is 0.264 e. The largest absolute Gasteiger partial charge is 0.454 e. The lowest BCUT2D eigenvalue weighted by molar-refractivity contribution is -0.131. The third-order valence-corrected chi connectivity index (χ3v) is 5.32. The van der Waals surface area contributed by atoms with Crippen molar-refractivity contribution in [2.45, 2.75) is 37.8 Å². The molecule has 27 heavy (non-hydrogen) atoms. The molecule has 5 rings (SSSR count). The van der Waals surface area contributed by atoms with Gasteiger partial charge >= 0.3 is 0 Å². The van der Waals surface area contributed by atoms with Gasteiger partial charge in [0.25, 0.3) is 5.91 Å². The maximum Gasteiger partial charge on any atom is 0.264 e. The van der Waals surface area contributed by atoms with Gasteiger partial charge in [0.15, 0.2) is 11.5 Å². The van der Waals surface area contributed by atoms with Gasteiger partial charge in [0.2, 0.25) is 12.9 Å². The van der Waals surface area contributed by atoms with Gasteiger partial charge in [-0.15, -0.1) is 0 Å². The number of carbonyl (C=O) groups excluding carboxylic acids is 1. The zero-order valence-electron chi connectivity index (χ0n) is 14.8. The first-order valence-electron chi connectivity index (χ1n) is 9.24. The topological polar surface area (TPSA) is 69.2 Å². The number of benzene rings is 2. The van der Waals surface area contributed by atoms with E-state index in [9.17, 15) is 4.79 Å². The molecule has 3 aliphatic rings. The fraction of sp³-hybridized carbons (Fsp3) is 0.333. The van der Waals surface area contributed by atoms with Crippen LogP contribution in [0.5, 0.6) is 11.5 Å². The molecule has 0 fully saturated rings. The van der Waals surface area contributed by atoms with Crippen molar-refractivity contribution in [2.75, 3.05) is 6.79 Å². The molecule has 0 radical (unpaired) electrons. The molecule has 0 bridgehead atoms. The Labute approximate surface area is 157 Å². The number of rotatable bonds is 4. The zero-order chi connectivity index (χ0) is 18.2. The minimum atomic E-state index is -0.554. The van der Waals surface area contributed by atoms with Crippen molar-refractivity contribution >= 4 is 11.6 Å². The zero-order valence-corrected chi connectivity index (χ0v) is 14.8. The maximum absolute atomic E-state index is 12.6. The van der Waals surface area contributed by atoms with Gasteiger partial charge in [-0.25, -0.2) is 0 Å². The Hall–Kier alpha value is -3.02. The quantitative estimate of drug-likeness (QED) is 0.906. The molecule has 0 unspecified atom stereocenters. The van der Waals surface area contributed by atoms with Crippen molar-refractivity contribution in [1.82, 2.24) is 5.32 Å². The third-order valence-electron chi connectivity index (χ3n) is 5.32. The number of carbonyl (C=O) groups is 1. The SMILES string of the molecule is O=C(N[C@@H]1CCc2ccccc21)[C@@H]1CC(Cc2ccc3c(c2)OCO3)=NO1. The number of amides is 1. The first-order valence-corrected chi connectivity index (χ1v) is 9.24. The van der Waals surface area contributed by atoms with E-state index in [-0.39, 0.29) is 18.7 Å². The van der Waals surface area contributed by atoms with E-state index in [0.717, 1.165) is 35.6 Å². The average molecular weight is 364 g/mol. The van der Waals surface area contributed by atoms with Gasteiger partial charge in [0.1, 0.15) is 0 Å². The van der Waals surface area contributed by atoms with Gasteiger partial charge in [0.05, 0.1) is 11.8 Å². The molecule has 2 aliphatic heterocycles. The first kappa shape index (κ1) is 16.2. The van der Waals surface area contributed by atoms with Crippen LogP contribution in [0.1, 0.15) is 35.6 Å². The van der Waals surface area contributed by atoms with E-state index in [0.29, 0.717) is 12.8 Å². The molecule has 0 saturated heterocycles. The Morgan fingerprint density at radius 2 is 2.04 bits per heavy atom. The molecule has 1 N–H and O–H groups in total.